The van der Waals surface area contributed by atoms with E-state index in [2.05, 4.69) is 41.4 Å². The van der Waals surface area contributed by atoms with E-state index in [0.717, 1.165) is 32.5 Å². The molecule has 84 heavy (non-hydrogen) atoms. The maximum absolute atomic E-state index is 14.2. The molecule has 0 bridgehead atoms. The fourth-order valence-electron chi connectivity index (χ4n) is 9.83. The second-order valence-electron chi connectivity index (χ2n) is 19.0. The largest absolute Gasteiger partial charge is 0.416 e. The molecule has 1 aromatic heterocycles. The van der Waals surface area contributed by atoms with Crippen LogP contribution in [-0.4, -0.2) is 16.9 Å². The Morgan fingerprint density at radius 3 is 0.917 bits per heavy atom. The lowest BCUT2D eigenvalue weighted by molar-refractivity contribution is -0.683. The normalized spacial score (nSPS) is 13.3. The number of carbonyl (C=O) groups excluding carboxylic acids is 1. The van der Waals surface area contributed by atoms with Crippen LogP contribution in [0.1, 0.15) is 54.9 Å². The first-order chi connectivity index (χ1) is 38.6. The van der Waals surface area contributed by atoms with Gasteiger partial charge in [-0.15, -0.1) is 0 Å². The van der Waals surface area contributed by atoms with Crippen LogP contribution in [-0.2, 0) is 56.0 Å². The molecule has 1 heterocycles. The number of rotatable bonds is 7. The van der Waals surface area contributed by atoms with Gasteiger partial charge in [-0.25, -0.2) is 0 Å². The molecule has 9 rings (SSSR count). The third kappa shape index (κ3) is 12.9. The summed E-state index contributed by atoms with van der Waals surface area (Å²) in [5.74, 6) is 0.100. The number of nitrogens with zero attached hydrogens (tertiary/aromatic N) is 2. The highest BCUT2D eigenvalue weighted by molar-refractivity contribution is 7.20. The second-order valence-corrected chi connectivity index (χ2v) is 19.0. The highest BCUT2D eigenvalue weighted by Gasteiger charge is 2.47. The first-order valence-electron chi connectivity index (χ1n) is 23.6. The van der Waals surface area contributed by atoms with E-state index in [1.54, 1.807) is 12.4 Å². The van der Waals surface area contributed by atoms with Crippen molar-refractivity contribution in [1.29, 1.82) is 0 Å². The Morgan fingerprint density at radius 2 is 0.607 bits per heavy atom. The van der Waals surface area contributed by atoms with Gasteiger partial charge >= 0.3 is 49.4 Å². The molecular formula is C56H29BF24N2O. The number of hydrogen-bond donors (Lipinski definition) is 0. The monoisotopic (exact) mass is 1210 g/mol. The molecule has 0 unspecified atom stereocenters. The second kappa shape index (κ2) is 21.4. The summed E-state index contributed by atoms with van der Waals surface area (Å²) in [5, 5.41) is 6.51. The third-order valence-corrected chi connectivity index (χ3v) is 13.5. The van der Waals surface area contributed by atoms with Gasteiger partial charge < -0.3 is 0 Å². The molecule has 9 aromatic rings. The van der Waals surface area contributed by atoms with Gasteiger partial charge in [0.2, 0.25) is 12.3 Å². The zero-order valence-corrected chi connectivity index (χ0v) is 41.2. The summed E-state index contributed by atoms with van der Waals surface area (Å²) in [6, 6.07) is 14.1. The van der Waals surface area contributed by atoms with Crippen molar-refractivity contribution in [2.45, 2.75) is 56.0 Å². The van der Waals surface area contributed by atoms with Crippen molar-refractivity contribution in [3.05, 3.63) is 214 Å². The summed E-state index contributed by atoms with van der Waals surface area (Å²) in [6.07, 6.45) is -47.8. The van der Waals surface area contributed by atoms with Gasteiger partial charge in [-0.2, -0.15) is 132 Å². The SMILES string of the molecule is FC(F)(F)c1cc([B-](c2cc(C(F)(F)F)cc(C(F)(F)F)c2)(c2cc(C(F)(F)F)cc(C(F)(F)F)c2)c2cc(C(F)(F)F)cc(C(F)(F)F)c2)cc(C(F)(F)F)c1.O=C(C[n+]1ccncc1)c1c2ccccc2cc2cc3ccccc3cc12. The predicted octanol–water partition coefficient (Wildman–Crippen LogP) is 15.9. The number of halogens is 24. The maximum Gasteiger partial charge on any atom is 0.416 e. The molecule has 8 aromatic carbocycles. The summed E-state index contributed by atoms with van der Waals surface area (Å²) >= 11 is 0. The molecular weight excluding hydrogens is 1180 g/mol. The van der Waals surface area contributed by atoms with Crippen LogP contribution >= 0.6 is 0 Å². The van der Waals surface area contributed by atoms with Gasteiger partial charge in [0.15, 0.2) is 12.4 Å². The van der Waals surface area contributed by atoms with Gasteiger partial charge in [-0.1, -0.05) is 97.1 Å². The van der Waals surface area contributed by atoms with Gasteiger partial charge in [0.25, 0.3) is 0 Å². The van der Waals surface area contributed by atoms with Crippen LogP contribution in [0.2, 0.25) is 0 Å². The minimum absolute atomic E-state index is 0.100. The molecule has 0 fully saturated rings. The Hall–Kier alpha value is -8.33. The van der Waals surface area contributed by atoms with Crippen LogP contribution in [0.4, 0.5) is 105 Å². The van der Waals surface area contributed by atoms with E-state index in [9.17, 15) is 110 Å². The summed E-state index contributed by atoms with van der Waals surface area (Å²) in [6.45, 7) is 0.290. The summed E-state index contributed by atoms with van der Waals surface area (Å²) in [4.78, 5) is 17.4. The van der Waals surface area contributed by atoms with E-state index in [1.165, 1.54) is 5.39 Å². The minimum Gasteiger partial charge on any atom is -0.287 e. The zero-order valence-electron chi connectivity index (χ0n) is 41.2. The summed E-state index contributed by atoms with van der Waals surface area (Å²) < 4.78 is 343. The highest BCUT2D eigenvalue weighted by Crippen LogP contribution is 2.42. The molecule has 0 spiro atoms. The number of fused-ring (bicyclic) bond motifs is 3. The van der Waals surface area contributed by atoms with Gasteiger partial charge in [0, 0.05) is 5.56 Å². The molecule has 0 aliphatic heterocycles. The van der Waals surface area contributed by atoms with Gasteiger partial charge in [0.1, 0.15) is 6.15 Å². The molecule has 0 radical (unpaired) electrons. The average molecular weight is 1210 g/mol. The summed E-state index contributed by atoms with van der Waals surface area (Å²) in [5.41, 5.74) is -29.4. The lowest BCUT2D eigenvalue weighted by Crippen LogP contribution is -2.75. The first kappa shape index (κ1) is 61.7. The molecule has 28 heteroatoms. The van der Waals surface area contributed by atoms with Crippen LogP contribution in [0.25, 0.3) is 32.3 Å². The Morgan fingerprint density at radius 1 is 0.333 bits per heavy atom. The number of hydrogen-bond acceptors (Lipinski definition) is 2. The number of benzene rings is 8. The Kier molecular flexibility index (Phi) is 15.7. The molecule has 0 amide bonds. The highest BCUT2D eigenvalue weighted by atomic mass is 19.4. The minimum atomic E-state index is -6.13. The van der Waals surface area contributed by atoms with E-state index in [0.29, 0.717) is 6.54 Å². The van der Waals surface area contributed by atoms with Gasteiger partial charge in [0.05, 0.1) is 56.9 Å². The first-order valence-corrected chi connectivity index (χ1v) is 23.6. The van der Waals surface area contributed by atoms with Crippen molar-refractivity contribution in [2.75, 3.05) is 0 Å². The smallest absolute Gasteiger partial charge is 0.287 e. The average Bonchev–Trinajstić information content (AvgIpc) is 0.953. The molecule has 0 saturated heterocycles. The number of carbonyl (C=O) groups is 1. The van der Waals surface area contributed by atoms with Crippen molar-refractivity contribution >= 4 is 66.1 Å². The standard InChI is InChI=1S/C32H12BF24.C24H17N2O/c34-25(35,36)13-1-14(26(37,38)39)6-21(5-13)33(22-7-15(27(40,41)42)2-16(8-22)28(43,44)45,23-9-17(29(46,47)48)3-18(10-23)30(49,50)51)24-11-19(31(52,53)54)4-20(12-24)32(55,56)57;27-23(16-26-11-9-25-10-12-26)24-21-8-4-3-7-19(21)14-20-13-17-5-1-2-6-18(17)15-22(20)24/h1-12H;1-15H,16H2/q-1;+1. The molecule has 0 atom stereocenters. The lowest BCUT2D eigenvalue weighted by atomic mass is 9.12. The molecule has 440 valence electrons. The quantitative estimate of drug-likeness (QED) is 0.0524. The molecule has 0 aliphatic carbocycles. The molecule has 0 saturated carbocycles. The van der Waals surface area contributed by atoms with E-state index in [4.69, 9.17) is 0 Å². The van der Waals surface area contributed by atoms with Crippen molar-refractivity contribution < 1.29 is 115 Å². The van der Waals surface area contributed by atoms with Crippen molar-refractivity contribution in [3.63, 3.8) is 0 Å². The topological polar surface area (TPSA) is 33.8 Å². The number of aromatic nitrogens is 2. The summed E-state index contributed by atoms with van der Waals surface area (Å²) in [7, 11) is 0. The van der Waals surface area contributed by atoms with Crippen LogP contribution < -0.4 is 26.4 Å². The van der Waals surface area contributed by atoms with Crippen LogP contribution in [0.5, 0.6) is 0 Å². The van der Waals surface area contributed by atoms with Gasteiger partial charge in [-0.05, 0) is 74.8 Å². The van der Waals surface area contributed by atoms with E-state index in [-0.39, 0.29) is 5.78 Å². The Balaban J connectivity index is 0.000000280. The van der Waals surface area contributed by atoms with Crippen LogP contribution in [0.3, 0.4) is 0 Å². The van der Waals surface area contributed by atoms with E-state index in [1.807, 2.05) is 47.3 Å². The molecule has 3 nitrogen and oxygen atoms in total. The van der Waals surface area contributed by atoms with E-state index < -0.39 is 195 Å². The zero-order chi connectivity index (χ0) is 62.1. The molecule has 0 aliphatic rings. The van der Waals surface area contributed by atoms with Crippen LogP contribution in [0, 0.1) is 0 Å². The lowest BCUT2D eigenvalue weighted by Gasteiger charge is -2.46. The van der Waals surface area contributed by atoms with Crippen molar-refractivity contribution in [3.8, 4) is 0 Å². The fourth-order valence-corrected chi connectivity index (χ4v) is 9.83. The Labute approximate surface area is 455 Å². The van der Waals surface area contributed by atoms with Gasteiger partial charge in [-0.3, -0.25) is 9.78 Å². The predicted molar refractivity (Wildman–Crippen MR) is 258 cm³/mol. The maximum atomic E-state index is 14.2. The Bertz CT molecular complexity index is 3520. The molecule has 0 N–H and O–H groups in total. The third-order valence-electron chi connectivity index (χ3n) is 13.5. The van der Waals surface area contributed by atoms with E-state index >= 15 is 0 Å². The van der Waals surface area contributed by atoms with Crippen molar-refractivity contribution in [2.24, 2.45) is 0 Å². The van der Waals surface area contributed by atoms with Crippen LogP contribution in [0.15, 0.2) is 164 Å². The number of Topliss-reactive ketones (excluding diaryl/α,β-unsaturated/α-hetero) is 1. The van der Waals surface area contributed by atoms with Crippen molar-refractivity contribution in [1.82, 2.24) is 4.98 Å². The number of alkyl halides is 24. The fraction of sp³-hybridized carbons (Fsp3) is 0.161. The number of ketones is 1.